The average Bonchev–Trinajstić information content (AvgIpc) is 2.75. The molecule has 0 aliphatic carbocycles. The number of aromatic nitrogens is 2. The molecule has 0 unspecified atom stereocenters. The molecule has 1 heterocycles. The quantitative estimate of drug-likeness (QED) is 0.895. The molecule has 0 aliphatic rings. The molecule has 0 spiro atoms. The second-order valence-electron chi connectivity index (χ2n) is 3.20. The summed E-state index contributed by atoms with van der Waals surface area (Å²) in [5.74, 6) is -0.208. The Morgan fingerprint density at radius 3 is 2.94 bits per heavy atom. The van der Waals surface area contributed by atoms with E-state index in [0.717, 1.165) is 22.8 Å². The zero-order valence-electron chi connectivity index (χ0n) is 8.40. The van der Waals surface area contributed by atoms with Gasteiger partial charge in [-0.15, -0.1) is 5.10 Å². The molecule has 4 nitrogen and oxygen atoms in total. The number of carbonyl (C=O) groups excluding carboxylic acids is 1. The molecule has 16 heavy (non-hydrogen) atoms. The van der Waals surface area contributed by atoms with Crippen LogP contribution in [-0.2, 0) is 0 Å². The van der Waals surface area contributed by atoms with Crippen LogP contribution in [-0.4, -0.2) is 15.5 Å². The van der Waals surface area contributed by atoms with Crippen LogP contribution in [0.15, 0.2) is 24.4 Å². The lowest BCUT2D eigenvalue weighted by molar-refractivity contribution is 0.103. The molecule has 0 bridgehead atoms. The van der Waals surface area contributed by atoms with Crippen LogP contribution in [0.1, 0.15) is 15.2 Å². The maximum Gasteiger partial charge on any atom is 0.269 e. The average molecular weight is 254 g/mol. The van der Waals surface area contributed by atoms with Gasteiger partial charge in [0.1, 0.15) is 4.88 Å². The monoisotopic (exact) mass is 253 g/mol. The van der Waals surface area contributed by atoms with Gasteiger partial charge in [0.05, 0.1) is 6.20 Å². The smallest absolute Gasteiger partial charge is 0.269 e. The summed E-state index contributed by atoms with van der Waals surface area (Å²) in [6, 6.07) is 5.29. The molecular weight excluding hydrogens is 246 g/mol. The van der Waals surface area contributed by atoms with Crippen LogP contribution in [0.4, 0.5) is 5.69 Å². The number of carbonyl (C=O) groups is 1. The van der Waals surface area contributed by atoms with Gasteiger partial charge in [0.15, 0.2) is 0 Å². The lowest BCUT2D eigenvalue weighted by atomic mass is 10.2. The molecule has 0 radical (unpaired) electrons. The summed E-state index contributed by atoms with van der Waals surface area (Å²) in [7, 11) is 0. The zero-order valence-corrected chi connectivity index (χ0v) is 9.97. The van der Waals surface area contributed by atoms with Gasteiger partial charge in [0.25, 0.3) is 5.91 Å². The Balaban J connectivity index is 2.18. The summed E-state index contributed by atoms with van der Waals surface area (Å²) in [6.45, 7) is 1.88. The molecule has 0 saturated carbocycles. The van der Waals surface area contributed by atoms with Crippen LogP contribution < -0.4 is 5.32 Å². The number of nitrogens with zero attached hydrogens (tertiary/aromatic N) is 2. The van der Waals surface area contributed by atoms with Crippen molar-refractivity contribution in [1.82, 2.24) is 9.59 Å². The van der Waals surface area contributed by atoms with E-state index in [4.69, 9.17) is 11.6 Å². The third-order valence-corrected chi connectivity index (χ3v) is 2.92. The second kappa shape index (κ2) is 4.59. The van der Waals surface area contributed by atoms with E-state index in [9.17, 15) is 4.79 Å². The van der Waals surface area contributed by atoms with E-state index in [0.29, 0.717) is 9.90 Å². The zero-order chi connectivity index (χ0) is 11.5. The van der Waals surface area contributed by atoms with Gasteiger partial charge in [-0.05, 0) is 42.2 Å². The van der Waals surface area contributed by atoms with Gasteiger partial charge in [0, 0.05) is 10.7 Å². The number of halogens is 1. The Hall–Kier alpha value is -1.46. The number of rotatable bonds is 2. The van der Waals surface area contributed by atoms with Crippen molar-refractivity contribution in [3.63, 3.8) is 0 Å². The second-order valence-corrected chi connectivity index (χ2v) is 4.42. The van der Waals surface area contributed by atoms with Gasteiger partial charge in [0.2, 0.25) is 0 Å². The maximum atomic E-state index is 11.7. The fourth-order valence-electron chi connectivity index (χ4n) is 1.22. The number of nitrogens with one attached hydrogen (secondary N) is 1. The topological polar surface area (TPSA) is 54.9 Å². The van der Waals surface area contributed by atoms with Crippen molar-refractivity contribution >= 4 is 34.7 Å². The molecule has 1 aromatic heterocycles. The Kier molecular flexibility index (Phi) is 3.17. The minimum absolute atomic E-state index is 0.208. The van der Waals surface area contributed by atoms with Crippen LogP contribution in [0.2, 0.25) is 5.02 Å². The lowest BCUT2D eigenvalue weighted by Crippen LogP contribution is -2.11. The highest BCUT2D eigenvalue weighted by Crippen LogP contribution is 2.20. The van der Waals surface area contributed by atoms with Crippen LogP contribution in [0.25, 0.3) is 0 Å². The third-order valence-electron chi connectivity index (χ3n) is 2.02. The van der Waals surface area contributed by atoms with E-state index in [1.165, 1.54) is 6.20 Å². The molecule has 0 atom stereocenters. The van der Waals surface area contributed by atoms with Crippen molar-refractivity contribution < 1.29 is 4.79 Å². The summed E-state index contributed by atoms with van der Waals surface area (Å²) in [5, 5.41) is 7.03. The van der Waals surface area contributed by atoms with Crippen molar-refractivity contribution in [2.75, 3.05) is 5.32 Å². The number of anilines is 1. The van der Waals surface area contributed by atoms with Gasteiger partial charge < -0.3 is 5.32 Å². The van der Waals surface area contributed by atoms with Crippen molar-refractivity contribution in [1.29, 1.82) is 0 Å². The fourth-order valence-corrected chi connectivity index (χ4v) is 1.86. The number of benzene rings is 1. The van der Waals surface area contributed by atoms with Crippen LogP contribution in [0, 0.1) is 6.92 Å². The molecule has 1 amide bonds. The predicted molar refractivity (Wildman–Crippen MR) is 64.1 cm³/mol. The van der Waals surface area contributed by atoms with Crippen molar-refractivity contribution in [3.8, 4) is 0 Å². The maximum absolute atomic E-state index is 11.7. The van der Waals surface area contributed by atoms with Crippen LogP contribution in [0.3, 0.4) is 0 Å². The minimum Gasteiger partial charge on any atom is -0.321 e. The minimum atomic E-state index is -0.208. The first-order valence-corrected chi connectivity index (χ1v) is 5.67. The molecule has 1 aromatic carbocycles. The van der Waals surface area contributed by atoms with E-state index in [1.54, 1.807) is 18.2 Å². The highest BCUT2D eigenvalue weighted by Gasteiger charge is 2.09. The largest absolute Gasteiger partial charge is 0.321 e. The van der Waals surface area contributed by atoms with Gasteiger partial charge >= 0.3 is 0 Å². The SMILES string of the molecule is Cc1cc(Cl)ccc1NC(=O)c1cnns1. The first kappa shape index (κ1) is 11.0. The standard InChI is InChI=1S/C10H8ClN3OS/c1-6-4-7(11)2-3-8(6)13-10(15)9-5-12-14-16-9/h2-5H,1H3,(H,13,15). The fraction of sp³-hybridized carbons (Fsp3) is 0.100. The van der Waals surface area contributed by atoms with Crippen molar-refractivity contribution in [2.45, 2.75) is 6.92 Å². The van der Waals surface area contributed by atoms with Gasteiger partial charge in [-0.25, -0.2) is 0 Å². The number of aryl methyl sites for hydroxylation is 1. The van der Waals surface area contributed by atoms with Gasteiger partial charge in [-0.1, -0.05) is 16.1 Å². The highest BCUT2D eigenvalue weighted by atomic mass is 35.5. The van der Waals surface area contributed by atoms with E-state index >= 15 is 0 Å². The Bertz CT molecular complexity index is 513. The Morgan fingerprint density at radius 2 is 2.31 bits per heavy atom. The van der Waals surface area contributed by atoms with E-state index in [-0.39, 0.29) is 5.91 Å². The summed E-state index contributed by atoms with van der Waals surface area (Å²) in [6.07, 6.45) is 1.44. The van der Waals surface area contributed by atoms with Crippen molar-refractivity contribution in [2.24, 2.45) is 0 Å². The Labute approximate surface area is 101 Å². The highest BCUT2D eigenvalue weighted by molar-refractivity contribution is 7.07. The molecule has 6 heteroatoms. The number of hydrogen-bond acceptors (Lipinski definition) is 4. The molecule has 0 saturated heterocycles. The van der Waals surface area contributed by atoms with E-state index < -0.39 is 0 Å². The molecule has 0 aliphatic heterocycles. The normalized spacial score (nSPS) is 10.1. The summed E-state index contributed by atoms with van der Waals surface area (Å²) >= 11 is 6.88. The molecule has 2 rings (SSSR count). The van der Waals surface area contributed by atoms with Crippen molar-refractivity contribution in [3.05, 3.63) is 39.9 Å². The number of amides is 1. The molecular formula is C10H8ClN3OS. The van der Waals surface area contributed by atoms with E-state index in [2.05, 4.69) is 14.9 Å². The summed E-state index contributed by atoms with van der Waals surface area (Å²) < 4.78 is 3.63. The Morgan fingerprint density at radius 1 is 1.50 bits per heavy atom. The van der Waals surface area contributed by atoms with Crippen LogP contribution >= 0.6 is 23.1 Å². The van der Waals surface area contributed by atoms with E-state index in [1.807, 2.05) is 6.92 Å². The molecule has 1 N–H and O–H groups in total. The summed E-state index contributed by atoms with van der Waals surface area (Å²) in [5.41, 5.74) is 1.65. The molecule has 82 valence electrons. The molecule has 0 fully saturated rings. The number of hydrogen-bond donors (Lipinski definition) is 1. The summed E-state index contributed by atoms with van der Waals surface area (Å²) in [4.78, 5) is 12.2. The molecule has 2 aromatic rings. The predicted octanol–water partition coefficient (Wildman–Crippen LogP) is 2.75. The first-order chi connectivity index (χ1) is 7.66. The van der Waals surface area contributed by atoms with Crippen LogP contribution in [0.5, 0.6) is 0 Å². The van der Waals surface area contributed by atoms with Gasteiger partial charge in [-0.2, -0.15) is 0 Å². The first-order valence-electron chi connectivity index (χ1n) is 4.51. The lowest BCUT2D eigenvalue weighted by Gasteiger charge is -2.06. The third kappa shape index (κ3) is 2.37. The van der Waals surface area contributed by atoms with Gasteiger partial charge in [-0.3, -0.25) is 4.79 Å².